The monoisotopic (exact) mass is 871 g/mol. The summed E-state index contributed by atoms with van der Waals surface area (Å²) in [4.78, 5) is 74.5. The number of nitrogens with zero attached hydrogens (tertiary/aromatic N) is 5. The zero-order valence-electron chi connectivity index (χ0n) is 34.5. The second kappa shape index (κ2) is 17.6. The van der Waals surface area contributed by atoms with Crippen LogP contribution in [0.5, 0.6) is 5.75 Å². The molecule has 63 heavy (non-hydrogen) atoms. The van der Waals surface area contributed by atoms with Crippen LogP contribution in [0.25, 0.3) is 0 Å². The maximum Gasteiger partial charge on any atom is 0.419 e. The van der Waals surface area contributed by atoms with Crippen LogP contribution in [0.15, 0.2) is 66.9 Å². The van der Waals surface area contributed by atoms with Gasteiger partial charge in [-0.15, -0.1) is 0 Å². The molecule has 3 fully saturated rings. The van der Waals surface area contributed by atoms with Crippen molar-refractivity contribution in [2.45, 2.75) is 50.5 Å². The van der Waals surface area contributed by atoms with Gasteiger partial charge in [-0.1, -0.05) is 18.2 Å². The van der Waals surface area contributed by atoms with Crippen molar-refractivity contribution in [1.29, 1.82) is 0 Å². The predicted octanol–water partition coefficient (Wildman–Crippen LogP) is 5.28. The Bertz CT molecular complexity index is 2470. The molecule has 3 saturated heterocycles. The topological polar surface area (TPSA) is 169 Å². The summed E-state index contributed by atoms with van der Waals surface area (Å²) in [6, 6.07) is 15.2. The molecular weight excluding hydrogens is 827 g/mol. The molecule has 4 aromatic rings. The third kappa shape index (κ3) is 8.75. The summed E-state index contributed by atoms with van der Waals surface area (Å²) in [5, 5.41) is 10.5. The highest BCUT2D eigenvalue weighted by atomic mass is 19.4. The van der Waals surface area contributed by atoms with Gasteiger partial charge in [-0.2, -0.15) is 13.2 Å². The minimum absolute atomic E-state index is 0.00987. The SMILES string of the molecule is CNC(=O)c1ccccc1Nc1cc(Nc2ccc(N3CCC(N4CCN(Cc5ccc6c(c5F)C(=O)N(C5CCC(=O)NC5=O)C6=O)CC4)CC3)cc2OC)ncc1C(F)(F)F. The van der Waals surface area contributed by atoms with E-state index in [2.05, 4.69) is 41.0 Å². The number of carbonyl (C=O) groups excluding carboxylic acids is 5. The number of alkyl halides is 3. The Morgan fingerprint density at radius 3 is 2.32 bits per heavy atom. The number of halogens is 4. The number of piperidine rings is 2. The van der Waals surface area contributed by atoms with E-state index in [-0.39, 0.29) is 58.8 Å². The number of amides is 5. The van der Waals surface area contributed by atoms with Crippen LogP contribution in [0.1, 0.15) is 67.9 Å². The van der Waals surface area contributed by atoms with Crippen molar-refractivity contribution in [3.8, 4) is 5.75 Å². The van der Waals surface area contributed by atoms with Crippen molar-refractivity contribution in [3.63, 3.8) is 0 Å². The highest BCUT2D eigenvalue weighted by Crippen LogP contribution is 2.39. The molecular formula is C44H45F4N9O6. The molecule has 0 spiro atoms. The molecule has 330 valence electrons. The smallest absolute Gasteiger partial charge is 0.419 e. The molecule has 19 heteroatoms. The fraction of sp³-hybridized carbons (Fsp3) is 0.364. The number of ether oxygens (including phenoxy) is 1. The van der Waals surface area contributed by atoms with E-state index < -0.39 is 53.1 Å². The van der Waals surface area contributed by atoms with Crippen molar-refractivity contribution in [2.75, 3.05) is 69.0 Å². The minimum atomic E-state index is -4.72. The van der Waals surface area contributed by atoms with E-state index in [1.807, 2.05) is 12.1 Å². The van der Waals surface area contributed by atoms with E-state index in [1.54, 1.807) is 18.2 Å². The fourth-order valence-corrected chi connectivity index (χ4v) is 8.74. The summed E-state index contributed by atoms with van der Waals surface area (Å²) >= 11 is 0. The molecule has 0 saturated carbocycles. The maximum atomic E-state index is 15.9. The second-order valence-electron chi connectivity index (χ2n) is 15.8. The first-order valence-corrected chi connectivity index (χ1v) is 20.6. The zero-order valence-corrected chi connectivity index (χ0v) is 34.5. The van der Waals surface area contributed by atoms with Crippen LogP contribution in [-0.4, -0.2) is 115 Å². The Morgan fingerprint density at radius 2 is 1.62 bits per heavy atom. The van der Waals surface area contributed by atoms with Crippen LogP contribution in [0.3, 0.4) is 0 Å². The number of para-hydroxylation sites is 1. The predicted molar refractivity (Wildman–Crippen MR) is 224 cm³/mol. The van der Waals surface area contributed by atoms with E-state index in [4.69, 9.17) is 4.74 Å². The van der Waals surface area contributed by atoms with E-state index in [0.717, 1.165) is 55.8 Å². The fourth-order valence-electron chi connectivity index (χ4n) is 8.74. The first-order valence-electron chi connectivity index (χ1n) is 20.6. The molecule has 4 N–H and O–H groups in total. The molecule has 0 radical (unpaired) electrons. The first kappa shape index (κ1) is 43.1. The lowest BCUT2D eigenvalue weighted by atomic mass is 10.0. The number of carbonyl (C=O) groups is 5. The molecule has 1 aromatic heterocycles. The molecule has 0 aliphatic carbocycles. The molecule has 1 atom stereocenters. The Kier molecular flexibility index (Phi) is 12.1. The average molecular weight is 872 g/mol. The normalized spacial score (nSPS) is 18.9. The van der Waals surface area contributed by atoms with Gasteiger partial charge in [0.15, 0.2) is 0 Å². The Morgan fingerprint density at radius 1 is 0.873 bits per heavy atom. The number of hydrogen-bond donors (Lipinski definition) is 4. The van der Waals surface area contributed by atoms with Gasteiger partial charge in [-0.25, -0.2) is 9.37 Å². The number of piperazine rings is 1. The van der Waals surface area contributed by atoms with Crippen molar-refractivity contribution in [3.05, 3.63) is 100 Å². The van der Waals surface area contributed by atoms with Crippen LogP contribution in [0.2, 0.25) is 0 Å². The van der Waals surface area contributed by atoms with Gasteiger partial charge < -0.3 is 25.6 Å². The Hall–Kier alpha value is -6.60. The summed E-state index contributed by atoms with van der Waals surface area (Å²) in [6.45, 7) is 4.68. The summed E-state index contributed by atoms with van der Waals surface area (Å²) in [6.07, 6.45) is -2.22. The lowest BCUT2D eigenvalue weighted by Gasteiger charge is -2.43. The van der Waals surface area contributed by atoms with Gasteiger partial charge in [0.05, 0.1) is 46.4 Å². The van der Waals surface area contributed by atoms with E-state index >= 15 is 4.39 Å². The number of pyridine rings is 1. The highest BCUT2D eigenvalue weighted by Gasteiger charge is 2.46. The van der Waals surface area contributed by atoms with Crippen molar-refractivity contribution >= 4 is 58.1 Å². The van der Waals surface area contributed by atoms with Crippen molar-refractivity contribution in [2.24, 2.45) is 0 Å². The van der Waals surface area contributed by atoms with Gasteiger partial charge in [0.25, 0.3) is 17.7 Å². The lowest BCUT2D eigenvalue weighted by molar-refractivity contribution is -0.137. The van der Waals surface area contributed by atoms with Gasteiger partial charge in [-0.05, 0) is 49.6 Å². The lowest BCUT2D eigenvalue weighted by Crippen LogP contribution is -2.54. The zero-order chi connectivity index (χ0) is 44.6. The van der Waals surface area contributed by atoms with Crippen molar-refractivity contribution < 1.29 is 46.3 Å². The molecule has 1 unspecified atom stereocenters. The first-order chi connectivity index (χ1) is 30.2. The van der Waals surface area contributed by atoms with Crippen LogP contribution < -0.4 is 30.9 Å². The summed E-state index contributed by atoms with van der Waals surface area (Å²) < 4.78 is 63.8. The Labute approximate surface area is 359 Å². The molecule has 0 bridgehead atoms. The van der Waals surface area contributed by atoms with Crippen LogP contribution in [-0.2, 0) is 22.3 Å². The number of nitrogens with one attached hydrogen (secondary N) is 4. The third-order valence-corrected chi connectivity index (χ3v) is 12.1. The van der Waals surface area contributed by atoms with Gasteiger partial charge in [0.2, 0.25) is 11.8 Å². The van der Waals surface area contributed by atoms with E-state index in [0.29, 0.717) is 30.6 Å². The molecule has 15 nitrogen and oxygen atoms in total. The molecule has 4 aliphatic heterocycles. The molecule has 5 heterocycles. The largest absolute Gasteiger partial charge is 0.494 e. The van der Waals surface area contributed by atoms with Crippen LogP contribution in [0, 0.1) is 5.82 Å². The van der Waals surface area contributed by atoms with Gasteiger partial charge in [0.1, 0.15) is 23.4 Å². The van der Waals surface area contributed by atoms with Crippen LogP contribution in [0.4, 0.5) is 46.1 Å². The number of imide groups is 2. The summed E-state index contributed by atoms with van der Waals surface area (Å²) in [5.74, 6) is -3.48. The number of rotatable bonds is 11. The maximum absolute atomic E-state index is 15.9. The van der Waals surface area contributed by atoms with Crippen LogP contribution >= 0.6 is 0 Å². The quantitative estimate of drug-likeness (QED) is 0.114. The van der Waals surface area contributed by atoms with Crippen molar-refractivity contribution in [1.82, 2.24) is 30.3 Å². The number of hydrogen-bond acceptors (Lipinski definition) is 12. The van der Waals surface area contributed by atoms with Gasteiger partial charge in [0, 0.05) is 94.9 Å². The third-order valence-electron chi connectivity index (χ3n) is 12.1. The summed E-state index contributed by atoms with van der Waals surface area (Å²) in [7, 11) is 2.95. The van der Waals surface area contributed by atoms with Gasteiger partial charge >= 0.3 is 6.18 Å². The molecule has 8 rings (SSSR count). The second-order valence-corrected chi connectivity index (χ2v) is 15.8. The van der Waals surface area contributed by atoms with Gasteiger partial charge in [-0.3, -0.25) is 44.0 Å². The molecule has 3 aromatic carbocycles. The van der Waals surface area contributed by atoms with E-state index in [9.17, 15) is 37.1 Å². The molecule has 4 aliphatic rings. The average Bonchev–Trinajstić information content (AvgIpc) is 3.53. The standard InChI is InChI=1S/C44H45F4N9O6/c1-49-40(59)28-5-3-4-6-31(28)51-33-22-36(50-23-30(33)44(46,47)48)52-32-10-8-27(21-35(32)63-2)55-15-13-26(14-16-55)56-19-17-54(18-20-56)24-25-7-9-29-38(39(25)45)43(62)57(42(29)61)34-11-12-37(58)53-41(34)60/h3-10,21-23,26,34H,11-20,24H2,1-2H3,(H,49,59)(H2,50,51,52)(H,53,58,60). The summed E-state index contributed by atoms with van der Waals surface area (Å²) in [5.41, 5.74) is 0.357. The number of anilines is 5. The number of aromatic nitrogens is 1. The molecule has 5 amide bonds. The van der Waals surface area contributed by atoms with E-state index in [1.165, 1.54) is 44.5 Å². The number of benzene rings is 3. The number of methoxy groups -OCH3 is 1. The highest BCUT2D eigenvalue weighted by molar-refractivity contribution is 6.23. The Balaban J connectivity index is 0.862. The number of fused-ring (bicyclic) bond motifs is 1. The minimum Gasteiger partial charge on any atom is -0.494 e.